The van der Waals surface area contributed by atoms with Crippen LogP contribution >= 0.6 is 0 Å². The van der Waals surface area contributed by atoms with Crippen molar-refractivity contribution in [1.29, 1.82) is 5.26 Å². The summed E-state index contributed by atoms with van der Waals surface area (Å²) in [5, 5.41) is 12.5. The van der Waals surface area contributed by atoms with Gasteiger partial charge in [0.2, 0.25) is 11.9 Å². The van der Waals surface area contributed by atoms with Crippen LogP contribution in [0.4, 0.5) is 14.5 Å². The van der Waals surface area contributed by atoms with E-state index in [0.29, 0.717) is 41.0 Å². The lowest BCUT2D eigenvalue weighted by Gasteiger charge is -2.21. The van der Waals surface area contributed by atoms with Gasteiger partial charge in [0.1, 0.15) is 16.9 Å². The number of nitrogens with one attached hydrogen (secondary N) is 1. The van der Waals surface area contributed by atoms with Crippen LogP contribution in [0.3, 0.4) is 0 Å². The molecule has 7 nitrogen and oxygen atoms in total. The van der Waals surface area contributed by atoms with Crippen LogP contribution in [0.2, 0.25) is 0 Å². The number of benzene rings is 1. The average Bonchev–Trinajstić information content (AvgIpc) is 3.65. The van der Waals surface area contributed by atoms with Crippen LogP contribution < -0.4 is 10.2 Å². The number of carbonyl (C=O) groups is 2. The smallest absolute Gasteiger partial charge is 0.270 e. The van der Waals surface area contributed by atoms with Crippen molar-refractivity contribution in [3.8, 4) is 17.2 Å². The van der Waals surface area contributed by atoms with Crippen LogP contribution in [0, 0.1) is 41.4 Å². The third-order valence-electron chi connectivity index (χ3n) is 6.78. The quantitative estimate of drug-likeness (QED) is 0.522. The molecule has 2 aromatic heterocycles. The Labute approximate surface area is 206 Å². The second kappa shape index (κ2) is 9.11. The Hall–Kier alpha value is -4.19. The van der Waals surface area contributed by atoms with Gasteiger partial charge >= 0.3 is 0 Å². The lowest BCUT2D eigenvalue weighted by Crippen LogP contribution is -2.35. The molecule has 3 aromatic rings. The first kappa shape index (κ1) is 23.5. The van der Waals surface area contributed by atoms with Gasteiger partial charge < -0.3 is 10.2 Å². The second-order valence-corrected chi connectivity index (χ2v) is 9.31. The maximum absolute atomic E-state index is 14.2. The number of anilines is 1. The number of aromatic nitrogens is 2. The number of carbonyl (C=O) groups excluding carboxylic acids is 2. The van der Waals surface area contributed by atoms with Crippen molar-refractivity contribution >= 4 is 17.5 Å². The fraction of sp³-hybridized carbons (Fsp3) is 0.296. The van der Waals surface area contributed by atoms with Gasteiger partial charge in [-0.05, 0) is 85.2 Å². The highest BCUT2D eigenvalue weighted by Gasteiger charge is 2.56. The highest BCUT2D eigenvalue weighted by Crippen LogP contribution is 2.51. The number of rotatable bonds is 6. The zero-order valence-corrected chi connectivity index (χ0v) is 19.6. The van der Waals surface area contributed by atoms with Gasteiger partial charge in [0.25, 0.3) is 5.91 Å². The average molecular weight is 488 g/mol. The van der Waals surface area contributed by atoms with Crippen LogP contribution in [0.1, 0.15) is 41.0 Å². The maximum atomic E-state index is 14.2. The van der Waals surface area contributed by atoms with Gasteiger partial charge in [-0.25, -0.2) is 14.4 Å². The van der Waals surface area contributed by atoms with E-state index in [9.17, 15) is 23.6 Å². The molecule has 182 valence electrons. The predicted octanol–water partition coefficient (Wildman–Crippen LogP) is 4.32. The fourth-order valence-electron chi connectivity index (χ4n) is 4.83. The van der Waals surface area contributed by atoms with E-state index < -0.39 is 23.1 Å². The number of halogens is 2. The van der Waals surface area contributed by atoms with E-state index in [1.165, 1.54) is 30.5 Å². The molecule has 0 radical (unpaired) electrons. The normalized spacial score (nSPS) is 19.3. The van der Waals surface area contributed by atoms with Crippen LogP contribution in [0.25, 0.3) is 11.1 Å². The van der Waals surface area contributed by atoms with Gasteiger partial charge in [-0.15, -0.1) is 0 Å². The first-order chi connectivity index (χ1) is 17.3. The summed E-state index contributed by atoms with van der Waals surface area (Å²) < 4.78 is 27.7. The van der Waals surface area contributed by atoms with E-state index in [1.54, 1.807) is 30.0 Å². The molecule has 1 atom stereocenters. The standard InChI is InChI=1S/C27H23F2N5O2/c1-16-8-22(34-7-5-27(15-30,26(34)36)20-2-3-20)13-23(33-16)25(35)32-14-17-9-19(11-21(28)10-17)18-4-6-31-24(29)12-18/h4,6,8-13,20H,2-3,5,7,14H2,1H3,(H,32,35)/t27-/m1/s1. The minimum atomic E-state index is -0.980. The van der Waals surface area contributed by atoms with Crippen LogP contribution in [-0.4, -0.2) is 28.3 Å². The van der Waals surface area contributed by atoms with Gasteiger partial charge in [-0.1, -0.05) is 0 Å². The summed E-state index contributed by atoms with van der Waals surface area (Å²) in [6, 6.07) is 12.5. The Balaban J connectivity index is 1.33. The molecule has 1 aliphatic heterocycles. The van der Waals surface area contributed by atoms with Gasteiger partial charge in [0, 0.05) is 36.7 Å². The summed E-state index contributed by atoms with van der Waals surface area (Å²) in [5.74, 6) is -1.79. The second-order valence-electron chi connectivity index (χ2n) is 9.31. The lowest BCUT2D eigenvalue weighted by molar-refractivity contribution is -0.123. The number of amides is 2. The Bertz CT molecular complexity index is 1420. The summed E-state index contributed by atoms with van der Waals surface area (Å²) in [5.41, 5.74) is 1.64. The molecule has 2 fully saturated rings. The van der Waals surface area contributed by atoms with Crippen molar-refractivity contribution in [2.45, 2.75) is 32.7 Å². The number of aryl methyl sites for hydroxylation is 1. The minimum absolute atomic E-state index is 0.0178. The zero-order chi connectivity index (χ0) is 25.4. The molecule has 0 unspecified atom stereocenters. The summed E-state index contributed by atoms with van der Waals surface area (Å²) in [4.78, 5) is 35.5. The van der Waals surface area contributed by atoms with Crippen LogP contribution in [-0.2, 0) is 11.3 Å². The van der Waals surface area contributed by atoms with Gasteiger partial charge in [-0.3, -0.25) is 9.59 Å². The monoisotopic (exact) mass is 487 g/mol. The summed E-state index contributed by atoms with van der Waals surface area (Å²) in [7, 11) is 0. The Morgan fingerprint density at radius 1 is 1.19 bits per heavy atom. The molecule has 1 saturated carbocycles. The molecule has 1 aliphatic carbocycles. The molecule has 0 bridgehead atoms. The van der Waals surface area contributed by atoms with E-state index in [4.69, 9.17) is 0 Å². The number of hydrogen-bond acceptors (Lipinski definition) is 5. The van der Waals surface area contributed by atoms with Crippen LogP contribution in [0.15, 0.2) is 48.7 Å². The van der Waals surface area contributed by atoms with Gasteiger partial charge in [-0.2, -0.15) is 9.65 Å². The summed E-state index contributed by atoms with van der Waals surface area (Å²) in [6.45, 7) is 2.16. The fourth-order valence-corrected chi connectivity index (χ4v) is 4.83. The van der Waals surface area contributed by atoms with Crippen LogP contribution in [0.5, 0.6) is 0 Å². The third-order valence-corrected chi connectivity index (χ3v) is 6.78. The number of hydrogen-bond donors (Lipinski definition) is 1. The van der Waals surface area contributed by atoms with Crippen molar-refractivity contribution < 1.29 is 18.4 Å². The topological polar surface area (TPSA) is 99.0 Å². The van der Waals surface area contributed by atoms with Gasteiger partial charge in [0.05, 0.1) is 6.07 Å². The third kappa shape index (κ3) is 4.42. The molecule has 2 aliphatic rings. The van der Waals surface area contributed by atoms with E-state index in [1.807, 2.05) is 0 Å². The Morgan fingerprint density at radius 2 is 2.00 bits per heavy atom. The first-order valence-electron chi connectivity index (χ1n) is 11.7. The Morgan fingerprint density at radius 3 is 2.72 bits per heavy atom. The summed E-state index contributed by atoms with van der Waals surface area (Å²) >= 11 is 0. The molecule has 0 spiro atoms. The molecule has 2 amide bonds. The molecule has 1 saturated heterocycles. The van der Waals surface area contributed by atoms with E-state index in [-0.39, 0.29) is 24.1 Å². The van der Waals surface area contributed by atoms with Crippen molar-refractivity contribution in [3.05, 3.63) is 77.4 Å². The highest BCUT2D eigenvalue weighted by molar-refractivity contribution is 6.03. The SMILES string of the molecule is Cc1cc(N2CC[C@@](C#N)(C3CC3)C2=O)cc(C(=O)NCc2cc(F)cc(-c3ccnc(F)c3)c2)n1. The van der Waals surface area contributed by atoms with E-state index in [0.717, 1.165) is 12.8 Å². The Kier molecular flexibility index (Phi) is 5.96. The number of nitrogens with zero attached hydrogens (tertiary/aromatic N) is 4. The molecule has 36 heavy (non-hydrogen) atoms. The van der Waals surface area contributed by atoms with Crippen molar-refractivity contribution in [1.82, 2.24) is 15.3 Å². The molecule has 1 aromatic carbocycles. The predicted molar refractivity (Wildman–Crippen MR) is 127 cm³/mol. The highest BCUT2D eigenvalue weighted by atomic mass is 19.1. The lowest BCUT2D eigenvalue weighted by atomic mass is 9.83. The molecule has 3 heterocycles. The molecular formula is C27H23F2N5O2. The van der Waals surface area contributed by atoms with Crippen molar-refractivity contribution in [2.75, 3.05) is 11.4 Å². The molecule has 5 rings (SSSR count). The largest absolute Gasteiger partial charge is 0.347 e. The summed E-state index contributed by atoms with van der Waals surface area (Å²) in [6.07, 6.45) is 3.54. The van der Waals surface area contributed by atoms with Crippen molar-refractivity contribution in [2.24, 2.45) is 11.3 Å². The zero-order valence-electron chi connectivity index (χ0n) is 19.6. The minimum Gasteiger partial charge on any atom is -0.347 e. The van der Waals surface area contributed by atoms with E-state index >= 15 is 0 Å². The van der Waals surface area contributed by atoms with Crippen molar-refractivity contribution in [3.63, 3.8) is 0 Å². The number of nitriles is 1. The van der Waals surface area contributed by atoms with Gasteiger partial charge in [0.15, 0.2) is 0 Å². The molecular weight excluding hydrogens is 464 g/mol. The number of pyridine rings is 2. The molecule has 1 N–H and O–H groups in total. The van der Waals surface area contributed by atoms with E-state index in [2.05, 4.69) is 21.4 Å². The first-order valence-corrected chi connectivity index (χ1v) is 11.7. The maximum Gasteiger partial charge on any atom is 0.270 e. The molecule has 9 heteroatoms.